The number of ether oxygens (including phenoxy) is 2. The molecule has 0 aliphatic carbocycles. The summed E-state index contributed by atoms with van der Waals surface area (Å²) in [5, 5.41) is -0.895. The maximum Gasteiger partial charge on any atom is 0.458 e. The van der Waals surface area contributed by atoms with Crippen LogP contribution >= 0.6 is 0 Å². The fourth-order valence-electron chi connectivity index (χ4n) is 3.59. The van der Waals surface area contributed by atoms with Gasteiger partial charge >= 0.3 is 6.18 Å². The molecule has 4 rings (SSSR count). The molecule has 0 spiro atoms. The summed E-state index contributed by atoms with van der Waals surface area (Å²) in [4.78, 5) is 8.23. The van der Waals surface area contributed by atoms with Gasteiger partial charge < -0.3 is 9.47 Å². The number of benzene rings is 2. The van der Waals surface area contributed by atoms with E-state index >= 15 is 0 Å². The second kappa shape index (κ2) is 9.50. The lowest BCUT2D eigenvalue weighted by Crippen LogP contribution is -2.29. The molecule has 1 aromatic heterocycles. The summed E-state index contributed by atoms with van der Waals surface area (Å²) in [6.07, 6.45) is -0.284. The largest absolute Gasteiger partial charge is 0.488 e. The third-order valence-corrected chi connectivity index (χ3v) is 5.33. The molecule has 0 N–H and O–H groups in total. The van der Waals surface area contributed by atoms with Crippen LogP contribution in [-0.2, 0) is 4.74 Å². The first-order chi connectivity index (χ1) is 16.1. The maximum atomic E-state index is 14.7. The predicted molar refractivity (Wildman–Crippen MR) is 111 cm³/mol. The quantitative estimate of drug-likeness (QED) is 0.349. The van der Waals surface area contributed by atoms with Crippen molar-refractivity contribution in [3.05, 3.63) is 53.6 Å². The van der Waals surface area contributed by atoms with Gasteiger partial charge in [0.05, 0.1) is 29.4 Å². The van der Waals surface area contributed by atoms with Crippen molar-refractivity contribution in [1.82, 2.24) is 9.97 Å². The van der Waals surface area contributed by atoms with E-state index in [4.69, 9.17) is 9.47 Å². The molecule has 1 aliphatic heterocycles. The predicted octanol–water partition coefficient (Wildman–Crippen LogP) is 5.82. The van der Waals surface area contributed by atoms with Crippen LogP contribution in [0.3, 0.4) is 0 Å². The van der Waals surface area contributed by atoms with E-state index in [9.17, 15) is 26.3 Å². The molecule has 0 radical (unpaired) electrons. The molecule has 3 aromatic rings. The Morgan fingerprint density at radius 1 is 1.06 bits per heavy atom. The van der Waals surface area contributed by atoms with Crippen LogP contribution in [-0.4, -0.2) is 35.5 Å². The Morgan fingerprint density at radius 3 is 2.44 bits per heavy atom. The lowest BCUT2D eigenvalue weighted by atomic mass is 10.0. The molecule has 1 fully saturated rings. The first-order valence-electron chi connectivity index (χ1n) is 10.4. The summed E-state index contributed by atoms with van der Waals surface area (Å²) in [6.45, 7) is 3.12. The number of aromatic nitrogens is 2. The SMILES string of the molecule is CC1CCC(COc2cnc(-c3cc(F)c4c(F)c(C#CC(F)(F)F)c(F)cc4c3)nc2)OC1. The van der Waals surface area contributed by atoms with E-state index in [0.717, 1.165) is 24.8 Å². The number of hydrogen-bond donors (Lipinski definition) is 0. The highest BCUT2D eigenvalue weighted by atomic mass is 19.4. The monoisotopic (exact) mass is 480 g/mol. The lowest BCUT2D eigenvalue weighted by molar-refractivity contribution is -0.0696. The Labute approximate surface area is 190 Å². The Kier molecular flexibility index (Phi) is 6.66. The number of rotatable bonds is 4. The number of hydrogen-bond acceptors (Lipinski definition) is 4. The van der Waals surface area contributed by atoms with Gasteiger partial charge in [0.25, 0.3) is 0 Å². The highest BCUT2D eigenvalue weighted by molar-refractivity contribution is 5.89. The van der Waals surface area contributed by atoms with Gasteiger partial charge in [0.15, 0.2) is 17.4 Å². The van der Waals surface area contributed by atoms with Crippen molar-refractivity contribution < 1.29 is 35.8 Å². The zero-order valence-corrected chi connectivity index (χ0v) is 17.8. The van der Waals surface area contributed by atoms with Gasteiger partial charge in [0.2, 0.25) is 0 Å². The van der Waals surface area contributed by atoms with E-state index in [2.05, 4.69) is 16.9 Å². The van der Waals surface area contributed by atoms with Gasteiger partial charge in [-0.3, -0.25) is 0 Å². The molecule has 2 unspecified atom stereocenters. The highest BCUT2D eigenvalue weighted by Crippen LogP contribution is 2.31. The second-order valence-electron chi connectivity index (χ2n) is 8.04. The Balaban J connectivity index is 1.57. The van der Waals surface area contributed by atoms with Crippen molar-refractivity contribution in [3.63, 3.8) is 0 Å². The van der Waals surface area contributed by atoms with Crippen LogP contribution in [0.2, 0.25) is 0 Å². The minimum Gasteiger partial charge on any atom is -0.488 e. The van der Waals surface area contributed by atoms with Crippen LogP contribution in [0.4, 0.5) is 26.3 Å². The highest BCUT2D eigenvalue weighted by Gasteiger charge is 2.24. The van der Waals surface area contributed by atoms with Gasteiger partial charge in [-0.1, -0.05) is 12.8 Å². The molecular weight excluding hydrogens is 462 g/mol. The van der Waals surface area contributed by atoms with E-state index in [1.807, 2.05) is 0 Å². The van der Waals surface area contributed by atoms with Gasteiger partial charge in [0, 0.05) is 18.1 Å². The molecule has 0 bridgehead atoms. The molecule has 0 saturated carbocycles. The zero-order valence-electron chi connectivity index (χ0n) is 17.8. The van der Waals surface area contributed by atoms with Crippen LogP contribution in [0.25, 0.3) is 22.2 Å². The Bertz CT molecular complexity index is 1260. The van der Waals surface area contributed by atoms with Crippen molar-refractivity contribution in [2.75, 3.05) is 13.2 Å². The fraction of sp³-hybridized carbons (Fsp3) is 0.333. The van der Waals surface area contributed by atoms with Crippen molar-refractivity contribution in [3.8, 4) is 29.0 Å². The van der Waals surface area contributed by atoms with E-state index in [1.165, 1.54) is 24.4 Å². The van der Waals surface area contributed by atoms with E-state index < -0.39 is 34.6 Å². The summed E-state index contributed by atoms with van der Waals surface area (Å²) in [6, 6.07) is 2.86. The Hall–Kier alpha value is -3.32. The molecule has 2 atom stereocenters. The van der Waals surface area contributed by atoms with Gasteiger partial charge in [0.1, 0.15) is 18.2 Å². The lowest BCUT2D eigenvalue weighted by Gasteiger charge is -2.26. The van der Waals surface area contributed by atoms with Crippen LogP contribution in [0.15, 0.2) is 30.6 Å². The van der Waals surface area contributed by atoms with Gasteiger partial charge in [-0.15, -0.1) is 0 Å². The van der Waals surface area contributed by atoms with E-state index in [0.29, 0.717) is 30.9 Å². The average molecular weight is 480 g/mol. The standard InChI is InChI=1S/C24H18F6N2O2/c1-13-2-3-16(33-11-13)12-34-17-9-31-23(32-10-17)15-6-14-7-19(25)18(4-5-24(28,29)30)22(27)21(14)20(26)8-15/h6-10,13,16H,2-3,11-12H2,1H3. The number of nitrogens with zero attached hydrogens (tertiary/aromatic N) is 2. The molecule has 2 aromatic carbocycles. The smallest absolute Gasteiger partial charge is 0.458 e. The summed E-state index contributed by atoms with van der Waals surface area (Å²) in [5.74, 6) is -0.842. The van der Waals surface area contributed by atoms with Crippen LogP contribution < -0.4 is 4.74 Å². The first kappa shape index (κ1) is 23.8. The topological polar surface area (TPSA) is 44.2 Å². The van der Waals surface area contributed by atoms with Gasteiger partial charge in [-0.25, -0.2) is 23.1 Å². The van der Waals surface area contributed by atoms with Crippen molar-refractivity contribution >= 4 is 10.8 Å². The average Bonchev–Trinajstić information content (AvgIpc) is 2.77. The molecule has 34 heavy (non-hydrogen) atoms. The first-order valence-corrected chi connectivity index (χ1v) is 10.4. The maximum absolute atomic E-state index is 14.7. The molecule has 1 saturated heterocycles. The van der Waals surface area contributed by atoms with Crippen molar-refractivity contribution in [2.45, 2.75) is 32.0 Å². The zero-order chi connectivity index (χ0) is 24.5. The summed E-state index contributed by atoms with van der Waals surface area (Å²) < 4.78 is 91.8. The fourth-order valence-corrected chi connectivity index (χ4v) is 3.59. The Morgan fingerprint density at radius 2 is 1.79 bits per heavy atom. The summed E-state index contributed by atoms with van der Waals surface area (Å²) >= 11 is 0. The van der Waals surface area contributed by atoms with Crippen LogP contribution in [0, 0.1) is 35.2 Å². The molecule has 178 valence electrons. The van der Waals surface area contributed by atoms with E-state index in [1.54, 1.807) is 0 Å². The molecule has 10 heteroatoms. The summed E-state index contributed by atoms with van der Waals surface area (Å²) in [7, 11) is 0. The number of fused-ring (bicyclic) bond motifs is 1. The summed E-state index contributed by atoms with van der Waals surface area (Å²) in [5.41, 5.74) is -1.04. The van der Waals surface area contributed by atoms with Crippen LogP contribution in [0.1, 0.15) is 25.3 Å². The molecule has 2 heterocycles. The number of alkyl halides is 3. The second-order valence-corrected chi connectivity index (χ2v) is 8.04. The molecule has 0 amide bonds. The van der Waals surface area contributed by atoms with Crippen molar-refractivity contribution in [1.29, 1.82) is 0 Å². The minimum absolute atomic E-state index is 0.0269. The third kappa shape index (κ3) is 5.42. The van der Waals surface area contributed by atoms with Gasteiger partial charge in [-0.2, -0.15) is 13.2 Å². The molecule has 1 aliphatic rings. The van der Waals surface area contributed by atoms with Crippen molar-refractivity contribution in [2.24, 2.45) is 5.92 Å². The van der Waals surface area contributed by atoms with E-state index in [-0.39, 0.29) is 22.9 Å². The normalized spacial score (nSPS) is 18.4. The molecular formula is C24H18F6N2O2. The third-order valence-electron chi connectivity index (χ3n) is 5.33. The number of halogens is 6. The minimum atomic E-state index is -4.95. The van der Waals surface area contributed by atoms with Crippen LogP contribution in [0.5, 0.6) is 5.75 Å². The molecule has 4 nitrogen and oxygen atoms in total. The van der Waals surface area contributed by atoms with Gasteiger partial charge in [-0.05, 0) is 42.3 Å².